The summed E-state index contributed by atoms with van der Waals surface area (Å²) in [7, 11) is 0. The van der Waals surface area contributed by atoms with E-state index in [1.54, 1.807) is 12.1 Å². The van der Waals surface area contributed by atoms with Crippen molar-refractivity contribution in [3.8, 4) is 5.75 Å². The maximum atomic E-state index is 13.0. The van der Waals surface area contributed by atoms with Crippen LogP contribution in [-0.4, -0.2) is 17.2 Å². The van der Waals surface area contributed by atoms with Crippen LogP contribution in [0.3, 0.4) is 0 Å². The Morgan fingerprint density at radius 3 is 2.80 bits per heavy atom. The van der Waals surface area contributed by atoms with Crippen molar-refractivity contribution >= 4 is 12.1 Å². The molecule has 2 N–H and O–H groups in total. The molecule has 0 unspecified atom stereocenters. The lowest BCUT2D eigenvalue weighted by atomic mass is 10.1. The molecule has 0 radical (unpaired) electrons. The molecule has 2 aromatic carbocycles. The van der Waals surface area contributed by atoms with Crippen LogP contribution in [0.2, 0.25) is 0 Å². The van der Waals surface area contributed by atoms with Crippen LogP contribution in [0.15, 0.2) is 47.6 Å². The zero-order chi connectivity index (χ0) is 14.5. The molecule has 1 amide bonds. The predicted octanol–water partition coefficient (Wildman–Crippen LogP) is 2.60. The zero-order valence-electron chi connectivity index (χ0n) is 10.8. The Hall–Kier alpha value is -2.69. The van der Waals surface area contributed by atoms with Gasteiger partial charge < -0.3 is 5.11 Å². The zero-order valence-corrected chi connectivity index (χ0v) is 10.8. The van der Waals surface area contributed by atoms with E-state index in [9.17, 15) is 14.3 Å². The van der Waals surface area contributed by atoms with Crippen LogP contribution < -0.4 is 5.43 Å². The molecule has 0 bridgehead atoms. The van der Waals surface area contributed by atoms with Gasteiger partial charge in [-0.05, 0) is 42.8 Å². The Morgan fingerprint density at radius 1 is 1.30 bits per heavy atom. The van der Waals surface area contributed by atoms with Gasteiger partial charge in [0.15, 0.2) is 0 Å². The number of hydrogen-bond acceptors (Lipinski definition) is 3. The first-order valence-corrected chi connectivity index (χ1v) is 5.95. The summed E-state index contributed by atoms with van der Waals surface area (Å²) in [5.41, 5.74) is 3.85. The molecule has 2 aromatic rings. The third-order valence-electron chi connectivity index (χ3n) is 2.64. The summed E-state index contributed by atoms with van der Waals surface area (Å²) in [5, 5.41) is 13.4. The minimum atomic E-state index is -0.521. The van der Waals surface area contributed by atoms with E-state index in [0.29, 0.717) is 5.56 Å². The Labute approximate surface area is 115 Å². The molecule has 0 aliphatic carbocycles. The molecule has 0 fully saturated rings. The number of phenols is 1. The second-order valence-electron chi connectivity index (χ2n) is 4.27. The van der Waals surface area contributed by atoms with E-state index in [1.807, 2.05) is 13.0 Å². The molecule has 0 heterocycles. The van der Waals surface area contributed by atoms with Gasteiger partial charge in [-0.1, -0.05) is 12.1 Å². The number of halogens is 1. The van der Waals surface area contributed by atoms with Crippen molar-refractivity contribution < 1.29 is 14.3 Å². The van der Waals surface area contributed by atoms with Crippen molar-refractivity contribution in [3.63, 3.8) is 0 Å². The molecule has 0 aromatic heterocycles. The molecule has 0 saturated carbocycles. The summed E-state index contributed by atoms with van der Waals surface area (Å²) >= 11 is 0. The minimum Gasteiger partial charge on any atom is -0.507 e. The Kier molecular flexibility index (Phi) is 4.10. The number of carbonyl (C=O) groups is 1. The Morgan fingerprint density at radius 2 is 2.10 bits per heavy atom. The van der Waals surface area contributed by atoms with Gasteiger partial charge in [0.25, 0.3) is 5.91 Å². The van der Waals surface area contributed by atoms with Crippen molar-refractivity contribution in [2.45, 2.75) is 6.92 Å². The third-order valence-corrected chi connectivity index (χ3v) is 2.64. The molecule has 0 saturated heterocycles. The molecule has 0 aliphatic heterocycles. The molecule has 4 nitrogen and oxygen atoms in total. The standard InChI is InChI=1S/C15H13FN2O2/c1-10-5-6-12(14(19)7-10)9-17-18-15(20)11-3-2-4-13(16)8-11/h2-9,19H,1H3,(H,18,20). The van der Waals surface area contributed by atoms with Gasteiger partial charge in [-0.15, -0.1) is 0 Å². The molecule has 0 aliphatic rings. The number of nitrogens with zero attached hydrogens (tertiary/aromatic N) is 1. The van der Waals surface area contributed by atoms with Gasteiger partial charge in [0, 0.05) is 11.1 Å². The molecular weight excluding hydrogens is 259 g/mol. The van der Waals surface area contributed by atoms with Crippen molar-refractivity contribution in [2.24, 2.45) is 5.10 Å². The number of hydrazone groups is 1. The van der Waals surface area contributed by atoms with Gasteiger partial charge in [-0.2, -0.15) is 5.10 Å². The number of rotatable bonds is 3. The van der Waals surface area contributed by atoms with Gasteiger partial charge in [0.1, 0.15) is 11.6 Å². The number of benzene rings is 2. The van der Waals surface area contributed by atoms with Crippen molar-refractivity contribution in [2.75, 3.05) is 0 Å². The SMILES string of the molecule is Cc1ccc(C=NNC(=O)c2cccc(F)c2)c(O)c1. The summed E-state index contributed by atoms with van der Waals surface area (Å²) in [6, 6.07) is 10.4. The second-order valence-corrected chi connectivity index (χ2v) is 4.27. The van der Waals surface area contributed by atoms with E-state index in [4.69, 9.17) is 0 Å². The van der Waals surface area contributed by atoms with Crippen molar-refractivity contribution in [1.29, 1.82) is 0 Å². The predicted molar refractivity (Wildman–Crippen MR) is 74.3 cm³/mol. The molecular formula is C15H13FN2O2. The van der Waals surface area contributed by atoms with E-state index in [-0.39, 0.29) is 11.3 Å². The second kappa shape index (κ2) is 5.97. The number of hydrogen-bond donors (Lipinski definition) is 2. The van der Waals surface area contributed by atoms with Crippen molar-refractivity contribution in [3.05, 3.63) is 65.0 Å². The maximum absolute atomic E-state index is 13.0. The van der Waals surface area contributed by atoms with Crippen LogP contribution >= 0.6 is 0 Å². The number of phenolic OH excluding ortho intramolecular Hbond substituents is 1. The van der Waals surface area contributed by atoms with E-state index in [1.165, 1.54) is 24.4 Å². The highest BCUT2D eigenvalue weighted by Crippen LogP contribution is 2.16. The monoisotopic (exact) mass is 272 g/mol. The summed E-state index contributed by atoms with van der Waals surface area (Å²) in [6.07, 6.45) is 1.33. The molecule has 20 heavy (non-hydrogen) atoms. The number of aromatic hydroxyl groups is 1. The number of carbonyl (C=O) groups excluding carboxylic acids is 1. The lowest BCUT2D eigenvalue weighted by molar-refractivity contribution is 0.0954. The number of amides is 1. The van der Waals surface area contributed by atoms with Crippen LogP contribution in [0.5, 0.6) is 5.75 Å². The highest BCUT2D eigenvalue weighted by atomic mass is 19.1. The molecule has 0 atom stereocenters. The largest absolute Gasteiger partial charge is 0.507 e. The van der Waals surface area contributed by atoms with E-state index in [0.717, 1.165) is 11.6 Å². The fraction of sp³-hybridized carbons (Fsp3) is 0.0667. The van der Waals surface area contributed by atoms with Crippen LogP contribution in [-0.2, 0) is 0 Å². The average molecular weight is 272 g/mol. The minimum absolute atomic E-state index is 0.0776. The smallest absolute Gasteiger partial charge is 0.271 e. The number of aryl methyl sites for hydroxylation is 1. The van der Waals surface area contributed by atoms with Crippen LogP contribution in [0.1, 0.15) is 21.5 Å². The number of nitrogens with one attached hydrogen (secondary N) is 1. The van der Waals surface area contributed by atoms with Crippen LogP contribution in [0.4, 0.5) is 4.39 Å². The normalized spacial score (nSPS) is 10.7. The van der Waals surface area contributed by atoms with Crippen molar-refractivity contribution in [1.82, 2.24) is 5.43 Å². The lowest BCUT2D eigenvalue weighted by Crippen LogP contribution is -2.17. The van der Waals surface area contributed by atoms with Gasteiger partial charge in [0.05, 0.1) is 6.21 Å². The molecule has 2 rings (SSSR count). The fourth-order valence-electron chi connectivity index (χ4n) is 1.62. The van der Waals surface area contributed by atoms with E-state index >= 15 is 0 Å². The highest BCUT2D eigenvalue weighted by molar-refractivity contribution is 5.95. The van der Waals surface area contributed by atoms with Gasteiger partial charge in [-0.3, -0.25) is 4.79 Å². The van der Waals surface area contributed by atoms with E-state index < -0.39 is 11.7 Å². The summed E-state index contributed by atoms with van der Waals surface area (Å²) in [5.74, 6) is -0.932. The first kappa shape index (κ1) is 13.7. The fourth-order valence-corrected chi connectivity index (χ4v) is 1.62. The van der Waals surface area contributed by atoms with Crippen LogP contribution in [0.25, 0.3) is 0 Å². The first-order chi connectivity index (χ1) is 9.56. The topological polar surface area (TPSA) is 61.7 Å². The summed E-state index contributed by atoms with van der Waals surface area (Å²) < 4.78 is 13.0. The summed E-state index contributed by atoms with van der Waals surface area (Å²) in [6.45, 7) is 1.85. The van der Waals surface area contributed by atoms with E-state index in [2.05, 4.69) is 10.5 Å². The molecule has 102 valence electrons. The molecule has 5 heteroatoms. The quantitative estimate of drug-likeness (QED) is 0.666. The van der Waals surface area contributed by atoms with Gasteiger partial charge >= 0.3 is 0 Å². The highest BCUT2D eigenvalue weighted by Gasteiger charge is 2.04. The first-order valence-electron chi connectivity index (χ1n) is 5.95. The molecule has 0 spiro atoms. The Balaban J connectivity index is 2.04. The third kappa shape index (κ3) is 3.41. The van der Waals surface area contributed by atoms with Gasteiger partial charge in [-0.25, -0.2) is 9.82 Å². The lowest BCUT2D eigenvalue weighted by Gasteiger charge is -2.01. The average Bonchev–Trinajstić information content (AvgIpc) is 2.41. The maximum Gasteiger partial charge on any atom is 0.271 e. The Bertz CT molecular complexity index is 669. The van der Waals surface area contributed by atoms with Gasteiger partial charge in [0.2, 0.25) is 0 Å². The van der Waals surface area contributed by atoms with Crippen LogP contribution in [0, 0.1) is 12.7 Å². The summed E-state index contributed by atoms with van der Waals surface area (Å²) in [4.78, 5) is 11.7.